The third kappa shape index (κ3) is 10.4. The summed E-state index contributed by atoms with van der Waals surface area (Å²) < 4.78 is 97.0. The van der Waals surface area contributed by atoms with Crippen LogP contribution in [-0.4, -0.2) is 85.2 Å². The van der Waals surface area contributed by atoms with E-state index in [2.05, 4.69) is 14.6 Å². The number of pyridine rings is 1. The first kappa shape index (κ1) is 32.9. The van der Waals surface area contributed by atoms with Gasteiger partial charge in [0, 0.05) is 50.4 Å². The highest BCUT2D eigenvalue weighted by Gasteiger charge is 2.44. The highest BCUT2D eigenvalue weighted by Crippen LogP contribution is 2.34. The predicted molar refractivity (Wildman–Crippen MR) is 125 cm³/mol. The molecule has 2 fully saturated rings. The average Bonchev–Trinajstić information content (AvgIpc) is 3.44. The maximum atomic E-state index is 12.4. The molecule has 17 heteroatoms. The molecule has 2 aliphatic rings. The molecule has 0 bridgehead atoms. The molecule has 2 aromatic rings. The number of aromatic nitrogens is 1. The van der Waals surface area contributed by atoms with Crippen molar-refractivity contribution in [1.29, 1.82) is 0 Å². The number of carboxylic acid groups (broad SMARTS) is 2. The maximum absolute atomic E-state index is 12.4. The summed E-state index contributed by atoms with van der Waals surface area (Å²) in [5, 5.41) is 14.2. The van der Waals surface area contributed by atoms with Gasteiger partial charge in [0.05, 0.1) is 17.6 Å². The molecule has 3 heterocycles. The van der Waals surface area contributed by atoms with Crippen LogP contribution in [0.25, 0.3) is 0 Å². The summed E-state index contributed by atoms with van der Waals surface area (Å²) in [6.45, 7) is 3.75. The first-order valence-corrected chi connectivity index (χ1v) is 12.9. The van der Waals surface area contributed by atoms with Gasteiger partial charge < -0.3 is 14.9 Å². The minimum absolute atomic E-state index is 0.197. The number of nitrogens with zero attached hydrogens (tertiary/aromatic N) is 2. The van der Waals surface area contributed by atoms with E-state index in [1.807, 2.05) is 30.6 Å². The van der Waals surface area contributed by atoms with Crippen molar-refractivity contribution in [2.45, 2.75) is 29.9 Å². The van der Waals surface area contributed by atoms with Crippen LogP contribution in [0, 0.1) is 11.8 Å². The van der Waals surface area contributed by atoms with Crippen LogP contribution in [0.4, 0.5) is 26.3 Å². The molecule has 1 aromatic heterocycles. The van der Waals surface area contributed by atoms with Crippen LogP contribution in [-0.2, 0) is 30.9 Å². The van der Waals surface area contributed by atoms with Crippen molar-refractivity contribution >= 4 is 22.0 Å². The SMILES string of the molecule is O=C(O)C(F)(F)F.O=C(O)C(F)(F)F.O=S(=O)(NC[C@H]1CO[C@@H]2CN(Cc3ccncc3)C[C@H]12)c1ccccc1. The Morgan fingerprint density at radius 3 is 1.98 bits per heavy atom. The number of rotatable bonds is 6. The van der Waals surface area contributed by atoms with Gasteiger partial charge in [0.1, 0.15) is 0 Å². The van der Waals surface area contributed by atoms with Crippen LogP contribution < -0.4 is 4.72 Å². The average molecular weight is 602 g/mol. The van der Waals surface area contributed by atoms with Gasteiger partial charge in [0.2, 0.25) is 10.0 Å². The first-order chi connectivity index (χ1) is 18.5. The van der Waals surface area contributed by atoms with Gasteiger partial charge in [-0.1, -0.05) is 18.2 Å². The number of benzene rings is 1. The zero-order valence-corrected chi connectivity index (χ0v) is 21.3. The quantitative estimate of drug-likeness (QED) is 0.426. The largest absolute Gasteiger partial charge is 0.490 e. The molecule has 0 unspecified atom stereocenters. The third-order valence-electron chi connectivity index (χ3n) is 5.74. The van der Waals surface area contributed by atoms with Crippen molar-refractivity contribution in [3.8, 4) is 0 Å². The molecule has 0 radical (unpaired) electrons. The summed E-state index contributed by atoms with van der Waals surface area (Å²) in [7, 11) is -3.46. The smallest absolute Gasteiger partial charge is 0.475 e. The molecule has 2 aliphatic heterocycles. The fraction of sp³-hybridized carbons (Fsp3) is 0.435. The van der Waals surface area contributed by atoms with Gasteiger partial charge in [-0.25, -0.2) is 22.7 Å². The lowest BCUT2D eigenvalue weighted by Gasteiger charge is -2.20. The lowest BCUT2D eigenvalue weighted by Crippen LogP contribution is -2.34. The predicted octanol–water partition coefficient (Wildman–Crippen LogP) is 2.77. The molecule has 2 saturated heterocycles. The zero-order valence-electron chi connectivity index (χ0n) is 20.5. The standard InChI is InChI=1S/C19H23N3O3S.2C2HF3O2/c23-26(24,17-4-2-1-3-5-17)21-10-16-14-25-19-13-22(12-18(16)19)11-15-6-8-20-9-7-15;2*3-2(4,5)1(6)7/h1-9,16,18-19,21H,10-14H2;2*(H,6,7)/t16-,18+,19+;;/m0../s1. The van der Waals surface area contributed by atoms with Gasteiger partial charge >= 0.3 is 24.3 Å². The second-order valence-corrected chi connectivity index (χ2v) is 10.4. The number of likely N-dealkylation sites (tertiary alicyclic amines) is 1. The van der Waals surface area contributed by atoms with Crippen molar-refractivity contribution in [2.75, 3.05) is 26.2 Å². The number of fused-ring (bicyclic) bond motifs is 1. The number of nitrogens with one attached hydrogen (secondary N) is 1. The highest BCUT2D eigenvalue weighted by atomic mass is 32.2. The number of hydrogen-bond donors (Lipinski definition) is 3. The minimum Gasteiger partial charge on any atom is -0.475 e. The number of hydrogen-bond acceptors (Lipinski definition) is 7. The Kier molecular flexibility index (Phi) is 11.4. The minimum atomic E-state index is -5.08. The lowest BCUT2D eigenvalue weighted by molar-refractivity contribution is -0.193. The van der Waals surface area contributed by atoms with Crippen LogP contribution in [0.15, 0.2) is 59.8 Å². The number of carboxylic acids is 2. The monoisotopic (exact) mass is 601 g/mol. The number of sulfonamides is 1. The molecule has 3 N–H and O–H groups in total. The number of halogens is 6. The van der Waals surface area contributed by atoms with Crippen LogP contribution >= 0.6 is 0 Å². The van der Waals surface area contributed by atoms with E-state index in [-0.39, 0.29) is 12.0 Å². The molecule has 40 heavy (non-hydrogen) atoms. The van der Waals surface area contributed by atoms with Gasteiger partial charge in [-0.2, -0.15) is 26.3 Å². The fourth-order valence-electron chi connectivity index (χ4n) is 3.87. The van der Waals surface area contributed by atoms with E-state index >= 15 is 0 Å². The Morgan fingerprint density at radius 1 is 0.950 bits per heavy atom. The first-order valence-electron chi connectivity index (χ1n) is 11.4. The van der Waals surface area contributed by atoms with Gasteiger partial charge in [0.15, 0.2) is 0 Å². The van der Waals surface area contributed by atoms with E-state index in [4.69, 9.17) is 24.5 Å². The van der Waals surface area contributed by atoms with E-state index in [1.165, 1.54) is 5.56 Å². The Labute approximate surface area is 224 Å². The zero-order chi connectivity index (χ0) is 30.1. The Morgan fingerprint density at radius 2 is 1.48 bits per heavy atom. The summed E-state index contributed by atoms with van der Waals surface area (Å²) >= 11 is 0. The van der Waals surface area contributed by atoms with E-state index in [0.29, 0.717) is 24.0 Å². The third-order valence-corrected chi connectivity index (χ3v) is 7.18. The summed E-state index contributed by atoms with van der Waals surface area (Å²) in [6, 6.07) is 12.6. The van der Waals surface area contributed by atoms with Crippen LogP contribution in [0.2, 0.25) is 0 Å². The summed E-state index contributed by atoms with van der Waals surface area (Å²) in [5.74, 6) is -4.93. The molecule has 1 aromatic carbocycles. The second kappa shape index (κ2) is 13.9. The van der Waals surface area contributed by atoms with Crippen molar-refractivity contribution in [1.82, 2.24) is 14.6 Å². The normalized spacial score (nSPS) is 20.9. The van der Waals surface area contributed by atoms with Crippen molar-refractivity contribution < 1.29 is 59.3 Å². The molecule has 0 amide bonds. The van der Waals surface area contributed by atoms with Crippen LogP contribution in [0.1, 0.15) is 5.56 Å². The van der Waals surface area contributed by atoms with E-state index in [9.17, 15) is 34.8 Å². The Balaban J connectivity index is 0.000000333. The molecular weight excluding hydrogens is 576 g/mol. The molecule has 222 valence electrons. The van der Waals surface area contributed by atoms with Crippen LogP contribution in [0.5, 0.6) is 0 Å². The van der Waals surface area contributed by atoms with Crippen molar-refractivity contribution in [3.63, 3.8) is 0 Å². The maximum Gasteiger partial charge on any atom is 0.490 e. The fourth-order valence-corrected chi connectivity index (χ4v) is 4.98. The van der Waals surface area contributed by atoms with E-state index < -0.39 is 34.3 Å². The molecule has 3 atom stereocenters. The molecule has 0 saturated carbocycles. The number of ether oxygens (including phenoxy) is 1. The molecule has 0 spiro atoms. The summed E-state index contributed by atoms with van der Waals surface area (Å²) in [6.07, 6.45) is -6.35. The number of carbonyl (C=O) groups is 2. The van der Waals surface area contributed by atoms with E-state index in [0.717, 1.165) is 19.6 Å². The Hall–Kier alpha value is -3.28. The molecular formula is C23H25F6N3O7S. The molecule has 0 aliphatic carbocycles. The highest BCUT2D eigenvalue weighted by molar-refractivity contribution is 7.89. The number of aliphatic carboxylic acids is 2. The number of alkyl halides is 6. The van der Waals surface area contributed by atoms with Gasteiger partial charge in [0.25, 0.3) is 0 Å². The topological polar surface area (TPSA) is 146 Å². The van der Waals surface area contributed by atoms with Gasteiger partial charge in [-0.3, -0.25) is 9.88 Å². The van der Waals surface area contributed by atoms with Crippen LogP contribution in [0.3, 0.4) is 0 Å². The Bertz CT molecular complexity index is 1190. The van der Waals surface area contributed by atoms with Crippen molar-refractivity contribution in [2.24, 2.45) is 11.8 Å². The summed E-state index contributed by atoms with van der Waals surface area (Å²) in [4.78, 5) is 24.5. The van der Waals surface area contributed by atoms with Gasteiger partial charge in [-0.05, 0) is 29.8 Å². The summed E-state index contributed by atoms with van der Waals surface area (Å²) in [5.41, 5.74) is 1.24. The van der Waals surface area contributed by atoms with Crippen molar-refractivity contribution in [3.05, 3.63) is 60.4 Å². The lowest BCUT2D eigenvalue weighted by atomic mass is 9.93. The van der Waals surface area contributed by atoms with Gasteiger partial charge in [-0.15, -0.1) is 0 Å². The second-order valence-electron chi connectivity index (χ2n) is 8.62. The molecule has 4 rings (SSSR count). The van der Waals surface area contributed by atoms with E-state index in [1.54, 1.807) is 24.3 Å². The molecule has 10 nitrogen and oxygen atoms in total.